The van der Waals surface area contributed by atoms with Crippen molar-refractivity contribution in [3.05, 3.63) is 66.1 Å². The Morgan fingerprint density at radius 1 is 1.13 bits per heavy atom. The Hall–Kier alpha value is -2.73. The predicted molar refractivity (Wildman–Crippen MR) is 120 cm³/mol. The quantitative estimate of drug-likeness (QED) is 0.198. The van der Waals surface area contributed by atoms with Crippen LogP contribution in [-0.2, 0) is 4.52 Å². The second-order valence-corrected chi connectivity index (χ2v) is 8.14. The zero-order valence-electron chi connectivity index (χ0n) is 15.9. The van der Waals surface area contributed by atoms with Gasteiger partial charge < -0.3 is 19.3 Å². The van der Waals surface area contributed by atoms with Gasteiger partial charge in [0.05, 0.1) is 19.0 Å². The average Bonchev–Trinajstić information content (AvgIpc) is 3.38. The van der Waals surface area contributed by atoms with Gasteiger partial charge in [-0.1, -0.05) is 60.2 Å². The van der Waals surface area contributed by atoms with Gasteiger partial charge in [-0.15, -0.1) is 0 Å². The summed E-state index contributed by atoms with van der Waals surface area (Å²) in [7, 11) is -0.0622. The van der Waals surface area contributed by atoms with Crippen molar-refractivity contribution < 1.29 is 9.05 Å². The summed E-state index contributed by atoms with van der Waals surface area (Å²) < 4.78 is 13.7. The van der Waals surface area contributed by atoms with Gasteiger partial charge >= 0.3 is 0 Å². The monoisotopic (exact) mass is 439 g/mol. The van der Waals surface area contributed by atoms with Crippen molar-refractivity contribution in [3.8, 4) is 5.75 Å². The van der Waals surface area contributed by atoms with Crippen molar-refractivity contribution in [2.75, 3.05) is 12.3 Å². The molecule has 0 spiro atoms. The summed E-state index contributed by atoms with van der Waals surface area (Å²) in [5.74, 6) is 1.26. The molecule has 5 rings (SSSR count). The van der Waals surface area contributed by atoms with Crippen molar-refractivity contribution in [1.29, 1.82) is 0 Å². The van der Waals surface area contributed by atoms with Gasteiger partial charge in [-0.25, -0.2) is 4.98 Å². The number of nitrogens with two attached hydrogens (primary N) is 1. The number of halogens is 1. The highest BCUT2D eigenvalue weighted by molar-refractivity contribution is 7.26. The molecule has 30 heavy (non-hydrogen) atoms. The number of imidazole rings is 1. The maximum absolute atomic E-state index is 6.12. The lowest BCUT2D eigenvalue weighted by molar-refractivity contribution is 0.278. The zero-order chi connectivity index (χ0) is 20.5. The van der Waals surface area contributed by atoms with Crippen molar-refractivity contribution in [3.63, 3.8) is 0 Å². The van der Waals surface area contributed by atoms with Crippen LogP contribution >= 0.6 is 20.6 Å². The minimum absolute atomic E-state index is 0.0622. The Morgan fingerprint density at radius 3 is 2.93 bits per heavy atom. The third-order valence-electron chi connectivity index (χ3n) is 5.16. The number of nitrogen functional groups attached to an aromatic ring is 1. The van der Waals surface area contributed by atoms with Crippen molar-refractivity contribution in [1.82, 2.24) is 19.5 Å². The number of benzene rings is 2. The summed E-state index contributed by atoms with van der Waals surface area (Å²) in [6.45, 7) is 0.584. The van der Waals surface area contributed by atoms with Crippen LogP contribution in [0.25, 0.3) is 21.9 Å². The van der Waals surface area contributed by atoms with Gasteiger partial charge in [-0.05, 0) is 17.9 Å². The number of allylic oxidation sites excluding steroid dienone is 1. The summed E-state index contributed by atoms with van der Waals surface area (Å²) >= 11 is 6.12. The molecule has 0 saturated heterocycles. The highest BCUT2D eigenvalue weighted by Crippen LogP contribution is 2.34. The molecule has 152 valence electrons. The Labute approximate surface area is 179 Å². The van der Waals surface area contributed by atoms with E-state index in [1.165, 1.54) is 0 Å². The molecule has 2 N–H and O–H groups in total. The van der Waals surface area contributed by atoms with Crippen molar-refractivity contribution >= 4 is 48.5 Å². The molecule has 4 aromatic rings. The molecule has 1 unspecified atom stereocenters. The van der Waals surface area contributed by atoms with E-state index in [1.807, 2.05) is 28.8 Å². The predicted octanol–water partition coefficient (Wildman–Crippen LogP) is 4.94. The van der Waals surface area contributed by atoms with Crippen LogP contribution in [0.4, 0.5) is 5.95 Å². The normalized spacial score (nSPS) is 18.8. The lowest BCUT2D eigenvalue weighted by atomic mass is 10.1. The first-order valence-corrected chi connectivity index (χ1v) is 10.7. The van der Waals surface area contributed by atoms with E-state index in [4.69, 9.17) is 26.4 Å². The van der Waals surface area contributed by atoms with Crippen LogP contribution < -0.4 is 10.3 Å². The maximum Gasteiger partial charge on any atom is 0.223 e. The van der Waals surface area contributed by atoms with Crippen LogP contribution in [0.1, 0.15) is 12.5 Å². The van der Waals surface area contributed by atoms with E-state index in [9.17, 15) is 0 Å². The molecule has 0 amide bonds. The Kier molecular flexibility index (Phi) is 5.25. The third-order valence-corrected chi connectivity index (χ3v) is 6.01. The highest BCUT2D eigenvalue weighted by Gasteiger charge is 2.23. The van der Waals surface area contributed by atoms with Crippen LogP contribution in [0.15, 0.2) is 60.9 Å². The van der Waals surface area contributed by atoms with Crippen LogP contribution in [0.5, 0.6) is 5.75 Å². The van der Waals surface area contributed by atoms with Gasteiger partial charge in [0.2, 0.25) is 15.0 Å². The summed E-state index contributed by atoms with van der Waals surface area (Å²) in [5, 5.41) is 2.51. The molecule has 1 aliphatic rings. The van der Waals surface area contributed by atoms with Crippen LogP contribution in [0, 0.1) is 5.92 Å². The van der Waals surface area contributed by atoms with Crippen LogP contribution in [-0.4, -0.2) is 26.1 Å². The number of anilines is 1. The van der Waals surface area contributed by atoms with Crippen molar-refractivity contribution in [2.45, 2.75) is 12.5 Å². The zero-order valence-corrected chi connectivity index (χ0v) is 17.7. The molecular weight excluding hydrogens is 421 g/mol. The van der Waals surface area contributed by atoms with Gasteiger partial charge in [0.1, 0.15) is 11.3 Å². The van der Waals surface area contributed by atoms with Gasteiger partial charge in [-0.3, -0.25) is 0 Å². The maximum atomic E-state index is 6.12. The first-order chi connectivity index (χ1) is 14.7. The minimum atomic E-state index is -0.0622. The van der Waals surface area contributed by atoms with E-state index in [-0.39, 0.29) is 32.1 Å². The topological polar surface area (TPSA) is 88.1 Å². The smallest absolute Gasteiger partial charge is 0.223 e. The molecule has 2 heterocycles. The molecule has 0 aliphatic heterocycles. The van der Waals surface area contributed by atoms with E-state index in [0.29, 0.717) is 17.8 Å². The number of nitrogens with zero attached hydrogens (tertiary/aromatic N) is 4. The van der Waals surface area contributed by atoms with Crippen LogP contribution in [0.3, 0.4) is 0 Å². The van der Waals surface area contributed by atoms with Gasteiger partial charge in [0.15, 0.2) is 10.8 Å². The summed E-state index contributed by atoms with van der Waals surface area (Å²) in [5.41, 5.74) is 6.95. The molecule has 9 heteroatoms. The summed E-state index contributed by atoms with van der Waals surface area (Å²) in [6.07, 6.45) is 6.90. The lowest BCUT2D eigenvalue weighted by Gasteiger charge is -2.14. The number of fused-ring (bicyclic) bond motifs is 2. The van der Waals surface area contributed by atoms with Crippen LogP contribution in [0.2, 0.25) is 5.15 Å². The van der Waals surface area contributed by atoms with E-state index >= 15 is 0 Å². The molecule has 0 saturated carbocycles. The Balaban J connectivity index is 1.18. The summed E-state index contributed by atoms with van der Waals surface area (Å²) in [6, 6.07) is 14.3. The molecule has 1 aliphatic carbocycles. The molecule has 3 atom stereocenters. The fourth-order valence-corrected chi connectivity index (χ4v) is 4.55. The van der Waals surface area contributed by atoms with Crippen molar-refractivity contribution in [2.24, 2.45) is 5.92 Å². The van der Waals surface area contributed by atoms with E-state index in [1.54, 1.807) is 6.33 Å². The number of rotatable bonds is 6. The molecule has 0 bridgehead atoms. The van der Waals surface area contributed by atoms with Gasteiger partial charge in [0, 0.05) is 11.3 Å². The number of hydrogen-bond acceptors (Lipinski definition) is 6. The highest BCUT2D eigenvalue weighted by atomic mass is 35.5. The first-order valence-electron chi connectivity index (χ1n) is 9.54. The lowest BCUT2D eigenvalue weighted by Crippen LogP contribution is -2.09. The second-order valence-electron chi connectivity index (χ2n) is 7.12. The largest absolute Gasteiger partial charge is 0.449 e. The van der Waals surface area contributed by atoms with Gasteiger partial charge in [0.25, 0.3) is 0 Å². The van der Waals surface area contributed by atoms with E-state index in [0.717, 1.165) is 22.9 Å². The standard InChI is InChI=1S/C21H19ClN5O2P/c22-19-18-20(26-21(23)25-19)27(12-24-18)15-9-8-13(10-15)11-28-30-29-17-7-3-5-14-4-1-2-6-16(14)17/h1-9,12-13,15,30H,10-11H2,(H2,23,25,26)/t13-,15+/m1/s1. The first kappa shape index (κ1) is 19.2. The average molecular weight is 440 g/mol. The number of aromatic nitrogens is 4. The molecular formula is C21H19ClN5O2P. The third kappa shape index (κ3) is 3.72. The minimum Gasteiger partial charge on any atom is -0.449 e. The molecule has 2 aromatic carbocycles. The Morgan fingerprint density at radius 2 is 2.00 bits per heavy atom. The van der Waals surface area contributed by atoms with E-state index in [2.05, 4.69) is 45.3 Å². The molecule has 0 fully saturated rings. The molecule has 0 radical (unpaired) electrons. The molecule has 2 aromatic heterocycles. The number of hydrogen-bond donors (Lipinski definition) is 1. The SMILES string of the molecule is Nc1nc(Cl)c2ncn([C@H]3C=C[C@@H](COPOc4cccc5ccccc45)C3)c2n1. The van der Waals surface area contributed by atoms with E-state index < -0.39 is 0 Å². The summed E-state index contributed by atoms with van der Waals surface area (Å²) in [4.78, 5) is 12.6. The molecule has 7 nitrogen and oxygen atoms in total. The van der Waals surface area contributed by atoms with Gasteiger partial charge in [-0.2, -0.15) is 9.97 Å². The second kappa shape index (κ2) is 8.19. The fourth-order valence-electron chi connectivity index (χ4n) is 3.72. The fraction of sp³-hybridized carbons (Fsp3) is 0.190. The Bertz CT molecular complexity index is 1240.